The smallest absolute Gasteiger partial charge is 0.224 e. The Balaban J connectivity index is 1.81. The molecule has 1 aromatic carbocycles. The summed E-state index contributed by atoms with van der Waals surface area (Å²) >= 11 is 0. The molecule has 6 heteroatoms. The Bertz CT molecular complexity index is 750. The Kier molecular flexibility index (Phi) is 7.24. The number of nitrogens with zero attached hydrogens (tertiary/aromatic N) is 3. The van der Waals surface area contributed by atoms with E-state index in [0.717, 1.165) is 87.6 Å². The Hall–Kier alpha value is -1.92. The molecular weight excluding hydrogens is 340 g/mol. The standard InChI is InChI=1S/C21H32N4O2/c1-3-5-7-21(26)22-17-8-9-19-18(15-17)23-20(25(19)10-6-4-2)16-24-11-13-27-14-12-24/h8-9,15H,3-7,10-14,16H2,1-2H3,(H,22,26). The fourth-order valence-electron chi connectivity index (χ4n) is 3.46. The average molecular weight is 373 g/mol. The first kappa shape index (κ1) is 19.8. The number of unbranched alkanes of at least 4 members (excludes halogenated alkanes) is 2. The van der Waals surface area contributed by atoms with Crippen LogP contribution in [0.15, 0.2) is 18.2 Å². The number of anilines is 1. The fraction of sp³-hybridized carbons (Fsp3) is 0.619. The second-order valence-corrected chi connectivity index (χ2v) is 7.28. The molecule has 1 aromatic heterocycles. The third-order valence-electron chi connectivity index (χ3n) is 5.07. The van der Waals surface area contributed by atoms with Crippen molar-refractivity contribution in [2.75, 3.05) is 31.6 Å². The number of aromatic nitrogens is 2. The van der Waals surface area contributed by atoms with Gasteiger partial charge in [0.1, 0.15) is 5.82 Å². The summed E-state index contributed by atoms with van der Waals surface area (Å²) in [5.74, 6) is 1.19. The number of morpholine rings is 1. The molecule has 27 heavy (non-hydrogen) atoms. The molecule has 1 aliphatic heterocycles. The number of benzene rings is 1. The largest absolute Gasteiger partial charge is 0.379 e. The Labute approximate surface area is 161 Å². The van der Waals surface area contributed by atoms with Crippen LogP contribution in [0, 0.1) is 0 Å². The molecule has 0 unspecified atom stereocenters. The van der Waals surface area contributed by atoms with Crippen molar-refractivity contribution in [3.8, 4) is 0 Å². The zero-order valence-electron chi connectivity index (χ0n) is 16.7. The first-order chi connectivity index (χ1) is 13.2. The molecule has 2 heterocycles. The lowest BCUT2D eigenvalue weighted by Crippen LogP contribution is -2.36. The molecular formula is C21H32N4O2. The van der Waals surface area contributed by atoms with Crippen LogP contribution in [0.3, 0.4) is 0 Å². The van der Waals surface area contributed by atoms with Gasteiger partial charge >= 0.3 is 0 Å². The molecule has 148 valence electrons. The maximum atomic E-state index is 12.0. The van der Waals surface area contributed by atoms with Crippen LogP contribution in [0.1, 0.15) is 51.8 Å². The van der Waals surface area contributed by atoms with Crippen LogP contribution >= 0.6 is 0 Å². The molecule has 0 bridgehead atoms. The highest BCUT2D eigenvalue weighted by atomic mass is 16.5. The van der Waals surface area contributed by atoms with Crippen LogP contribution in [0.5, 0.6) is 0 Å². The fourth-order valence-corrected chi connectivity index (χ4v) is 3.46. The van der Waals surface area contributed by atoms with Crippen LogP contribution < -0.4 is 5.32 Å². The number of hydrogen-bond donors (Lipinski definition) is 1. The number of carbonyl (C=O) groups excluding carboxylic acids is 1. The van der Waals surface area contributed by atoms with Gasteiger partial charge in [-0.1, -0.05) is 26.7 Å². The van der Waals surface area contributed by atoms with E-state index in [1.165, 1.54) is 0 Å². The van der Waals surface area contributed by atoms with Crippen molar-refractivity contribution in [3.05, 3.63) is 24.0 Å². The number of carbonyl (C=O) groups is 1. The summed E-state index contributed by atoms with van der Waals surface area (Å²) in [6.07, 6.45) is 4.81. The normalized spacial score (nSPS) is 15.3. The zero-order chi connectivity index (χ0) is 19.1. The average Bonchev–Trinajstić information content (AvgIpc) is 3.01. The molecule has 0 radical (unpaired) electrons. The number of rotatable bonds is 9. The first-order valence-electron chi connectivity index (χ1n) is 10.3. The number of hydrogen-bond acceptors (Lipinski definition) is 4. The maximum absolute atomic E-state index is 12.0. The van der Waals surface area contributed by atoms with Crippen molar-refractivity contribution in [1.82, 2.24) is 14.5 Å². The van der Waals surface area contributed by atoms with Gasteiger partial charge in [0.15, 0.2) is 0 Å². The van der Waals surface area contributed by atoms with Gasteiger partial charge in [-0.05, 0) is 31.0 Å². The third kappa shape index (κ3) is 5.30. The summed E-state index contributed by atoms with van der Waals surface area (Å²) < 4.78 is 7.81. The van der Waals surface area contributed by atoms with E-state index in [1.54, 1.807) is 0 Å². The predicted octanol–water partition coefficient (Wildman–Crippen LogP) is 3.80. The topological polar surface area (TPSA) is 59.4 Å². The number of fused-ring (bicyclic) bond motifs is 1. The van der Waals surface area contributed by atoms with Crippen molar-refractivity contribution >= 4 is 22.6 Å². The highest BCUT2D eigenvalue weighted by Crippen LogP contribution is 2.23. The molecule has 1 N–H and O–H groups in total. The molecule has 0 atom stereocenters. The van der Waals surface area contributed by atoms with Crippen molar-refractivity contribution in [3.63, 3.8) is 0 Å². The highest BCUT2D eigenvalue weighted by molar-refractivity contribution is 5.93. The molecule has 1 amide bonds. The quantitative estimate of drug-likeness (QED) is 0.727. The van der Waals surface area contributed by atoms with Crippen molar-refractivity contribution < 1.29 is 9.53 Å². The van der Waals surface area contributed by atoms with Gasteiger partial charge < -0.3 is 14.6 Å². The number of imidazole rings is 1. The molecule has 2 aromatic rings. The van der Waals surface area contributed by atoms with E-state index in [9.17, 15) is 4.79 Å². The lowest BCUT2D eigenvalue weighted by atomic mass is 10.2. The van der Waals surface area contributed by atoms with Crippen LogP contribution in [0.2, 0.25) is 0 Å². The number of nitrogens with one attached hydrogen (secondary N) is 1. The Morgan fingerprint density at radius 1 is 1.19 bits per heavy atom. The van der Waals surface area contributed by atoms with Gasteiger partial charge in [0.25, 0.3) is 0 Å². The highest BCUT2D eigenvalue weighted by Gasteiger charge is 2.17. The van der Waals surface area contributed by atoms with Crippen LogP contribution in [0.4, 0.5) is 5.69 Å². The summed E-state index contributed by atoms with van der Waals surface area (Å²) in [4.78, 5) is 19.4. The Morgan fingerprint density at radius 2 is 1.96 bits per heavy atom. The predicted molar refractivity (Wildman–Crippen MR) is 109 cm³/mol. The van der Waals surface area contributed by atoms with Gasteiger partial charge in [0.2, 0.25) is 5.91 Å². The van der Waals surface area contributed by atoms with Crippen molar-refractivity contribution in [2.45, 2.75) is 59.0 Å². The number of ether oxygens (including phenoxy) is 1. The molecule has 6 nitrogen and oxygen atoms in total. The SMILES string of the molecule is CCCCC(=O)Nc1ccc2c(c1)nc(CN1CCOCC1)n2CCCC. The van der Waals surface area contributed by atoms with E-state index in [2.05, 4.69) is 34.7 Å². The molecule has 3 rings (SSSR count). The van der Waals surface area contributed by atoms with E-state index < -0.39 is 0 Å². The van der Waals surface area contributed by atoms with E-state index in [1.807, 2.05) is 12.1 Å². The number of amides is 1. The monoisotopic (exact) mass is 372 g/mol. The van der Waals surface area contributed by atoms with Crippen LogP contribution in [-0.2, 0) is 22.6 Å². The molecule has 0 saturated carbocycles. The van der Waals surface area contributed by atoms with Gasteiger partial charge in [-0.25, -0.2) is 4.98 Å². The molecule has 1 fully saturated rings. The van der Waals surface area contributed by atoms with E-state index in [-0.39, 0.29) is 5.91 Å². The second-order valence-electron chi connectivity index (χ2n) is 7.28. The summed E-state index contributed by atoms with van der Waals surface area (Å²) in [6, 6.07) is 6.09. The van der Waals surface area contributed by atoms with Crippen LogP contribution in [-0.4, -0.2) is 46.7 Å². The van der Waals surface area contributed by atoms with Gasteiger partial charge in [0, 0.05) is 31.7 Å². The van der Waals surface area contributed by atoms with Crippen molar-refractivity contribution in [1.29, 1.82) is 0 Å². The molecule has 0 aliphatic carbocycles. The first-order valence-corrected chi connectivity index (χ1v) is 10.3. The minimum atomic E-state index is 0.0788. The van der Waals surface area contributed by atoms with E-state index >= 15 is 0 Å². The van der Waals surface area contributed by atoms with Gasteiger partial charge in [-0.3, -0.25) is 9.69 Å². The summed E-state index contributed by atoms with van der Waals surface area (Å²) in [5, 5.41) is 3.01. The lowest BCUT2D eigenvalue weighted by molar-refractivity contribution is -0.116. The second kappa shape index (κ2) is 9.85. The third-order valence-corrected chi connectivity index (χ3v) is 5.07. The van der Waals surface area contributed by atoms with Crippen LogP contribution in [0.25, 0.3) is 11.0 Å². The van der Waals surface area contributed by atoms with E-state index in [4.69, 9.17) is 9.72 Å². The van der Waals surface area contributed by atoms with Crippen molar-refractivity contribution in [2.24, 2.45) is 0 Å². The molecule has 1 saturated heterocycles. The number of aryl methyl sites for hydroxylation is 1. The summed E-state index contributed by atoms with van der Waals surface area (Å²) in [6.45, 7) is 9.63. The minimum absolute atomic E-state index is 0.0788. The zero-order valence-corrected chi connectivity index (χ0v) is 16.7. The van der Waals surface area contributed by atoms with Gasteiger partial charge in [0.05, 0.1) is 30.8 Å². The summed E-state index contributed by atoms with van der Waals surface area (Å²) in [5.41, 5.74) is 2.95. The maximum Gasteiger partial charge on any atom is 0.224 e. The van der Waals surface area contributed by atoms with E-state index in [0.29, 0.717) is 6.42 Å². The lowest BCUT2D eigenvalue weighted by Gasteiger charge is -2.26. The Morgan fingerprint density at radius 3 is 2.70 bits per heavy atom. The van der Waals surface area contributed by atoms with Gasteiger partial charge in [-0.15, -0.1) is 0 Å². The van der Waals surface area contributed by atoms with Gasteiger partial charge in [-0.2, -0.15) is 0 Å². The summed E-state index contributed by atoms with van der Waals surface area (Å²) in [7, 11) is 0. The molecule has 1 aliphatic rings. The minimum Gasteiger partial charge on any atom is -0.379 e. The molecule has 0 spiro atoms.